The number of amides is 1. The van der Waals surface area contributed by atoms with Crippen LogP contribution in [-0.4, -0.2) is 18.5 Å². The molecule has 0 aliphatic rings. The Balaban J connectivity index is 2.01. The molecule has 0 unspecified atom stereocenters. The normalized spacial score (nSPS) is 11.2. The van der Waals surface area contributed by atoms with Gasteiger partial charge in [-0.3, -0.25) is 4.79 Å². The van der Waals surface area contributed by atoms with Crippen molar-refractivity contribution in [3.05, 3.63) is 51.9 Å². The van der Waals surface area contributed by atoms with E-state index in [4.69, 9.17) is 4.74 Å². The minimum Gasteiger partial charge on any atom is -0.462 e. The van der Waals surface area contributed by atoms with E-state index < -0.39 is 17.7 Å². The number of halogens is 3. The Morgan fingerprint density at radius 3 is 2.40 bits per heavy atom. The highest BCUT2D eigenvalue weighted by atomic mass is 32.1. The van der Waals surface area contributed by atoms with Gasteiger partial charge in [0.25, 0.3) is 0 Å². The van der Waals surface area contributed by atoms with Gasteiger partial charge in [0.05, 0.1) is 23.6 Å². The van der Waals surface area contributed by atoms with Gasteiger partial charge in [-0.05, 0) is 43.2 Å². The van der Waals surface area contributed by atoms with Crippen molar-refractivity contribution in [2.24, 2.45) is 0 Å². The molecule has 0 saturated carbocycles. The number of esters is 1. The van der Waals surface area contributed by atoms with E-state index in [-0.39, 0.29) is 18.9 Å². The van der Waals surface area contributed by atoms with Crippen molar-refractivity contribution < 1.29 is 27.5 Å². The lowest BCUT2D eigenvalue weighted by atomic mass is 10.1. The summed E-state index contributed by atoms with van der Waals surface area (Å²) < 4.78 is 42.5. The molecule has 25 heavy (non-hydrogen) atoms. The average molecular weight is 371 g/mol. The summed E-state index contributed by atoms with van der Waals surface area (Å²) in [5, 5.41) is 3.13. The zero-order chi connectivity index (χ0) is 18.6. The van der Waals surface area contributed by atoms with Crippen molar-refractivity contribution in [2.75, 3.05) is 11.9 Å². The molecule has 0 atom stereocenters. The highest BCUT2D eigenvalue weighted by Crippen LogP contribution is 2.29. The molecule has 1 aromatic carbocycles. The number of benzene rings is 1. The van der Waals surface area contributed by atoms with Gasteiger partial charge in [0.2, 0.25) is 5.91 Å². The molecule has 0 bridgehead atoms. The number of nitrogens with one attached hydrogen (secondary N) is 1. The second kappa shape index (κ2) is 7.69. The van der Waals surface area contributed by atoms with Gasteiger partial charge in [0.1, 0.15) is 4.88 Å². The first-order valence-corrected chi connectivity index (χ1v) is 8.26. The van der Waals surface area contributed by atoms with E-state index in [2.05, 4.69) is 5.32 Å². The van der Waals surface area contributed by atoms with Crippen LogP contribution in [0.25, 0.3) is 0 Å². The van der Waals surface area contributed by atoms with Crippen molar-refractivity contribution in [1.29, 1.82) is 0 Å². The number of ether oxygens (including phenoxy) is 1. The van der Waals surface area contributed by atoms with Crippen LogP contribution in [0.5, 0.6) is 0 Å². The summed E-state index contributed by atoms with van der Waals surface area (Å²) in [6.45, 7) is 3.69. The van der Waals surface area contributed by atoms with Crippen LogP contribution < -0.4 is 5.32 Å². The zero-order valence-corrected chi connectivity index (χ0v) is 14.4. The van der Waals surface area contributed by atoms with Gasteiger partial charge in [-0.2, -0.15) is 13.2 Å². The highest BCUT2D eigenvalue weighted by molar-refractivity contribution is 7.18. The van der Waals surface area contributed by atoms with Gasteiger partial charge < -0.3 is 10.1 Å². The lowest BCUT2D eigenvalue weighted by Crippen LogP contribution is -2.13. The fourth-order valence-corrected chi connectivity index (χ4v) is 3.10. The number of rotatable bonds is 5. The molecule has 2 aromatic rings. The predicted octanol–water partition coefficient (Wildman–Crippen LogP) is 4.43. The number of hydrogen-bond donors (Lipinski definition) is 1. The summed E-state index contributed by atoms with van der Waals surface area (Å²) in [5.41, 5.74) is 0.391. The molecular formula is C17H16F3NO3S. The topological polar surface area (TPSA) is 55.4 Å². The molecule has 0 spiro atoms. The molecule has 1 N–H and O–H groups in total. The van der Waals surface area contributed by atoms with Crippen molar-refractivity contribution in [2.45, 2.75) is 26.4 Å². The lowest BCUT2D eigenvalue weighted by molar-refractivity contribution is -0.137. The van der Waals surface area contributed by atoms with E-state index in [1.807, 2.05) is 0 Å². The maximum absolute atomic E-state index is 12.5. The molecule has 4 nitrogen and oxygen atoms in total. The summed E-state index contributed by atoms with van der Waals surface area (Å²) in [6, 6.07) is 6.08. The standard InChI is InChI=1S/C17H16F3NO3S/c1-3-24-16(23)15-10(2)8-14(25-15)21-13(22)9-11-4-6-12(7-5-11)17(18,19)20/h4-8H,3,9H2,1-2H3,(H,21,22). The Kier molecular flexibility index (Phi) is 5.84. The van der Waals surface area contributed by atoms with E-state index in [0.717, 1.165) is 23.5 Å². The fourth-order valence-electron chi connectivity index (χ4n) is 2.12. The monoisotopic (exact) mass is 371 g/mol. The third kappa shape index (κ3) is 5.06. The zero-order valence-electron chi connectivity index (χ0n) is 13.6. The van der Waals surface area contributed by atoms with E-state index in [0.29, 0.717) is 21.0 Å². The van der Waals surface area contributed by atoms with E-state index >= 15 is 0 Å². The SMILES string of the molecule is CCOC(=O)c1sc(NC(=O)Cc2ccc(C(F)(F)F)cc2)cc1C. The van der Waals surface area contributed by atoms with Gasteiger partial charge in [-0.25, -0.2) is 4.79 Å². The first-order valence-electron chi connectivity index (χ1n) is 7.44. The van der Waals surface area contributed by atoms with Crippen molar-refractivity contribution in [3.63, 3.8) is 0 Å². The maximum Gasteiger partial charge on any atom is 0.416 e. The van der Waals surface area contributed by atoms with E-state index in [1.165, 1.54) is 12.1 Å². The number of carbonyl (C=O) groups is 2. The van der Waals surface area contributed by atoms with Gasteiger partial charge in [-0.1, -0.05) is 12.1 Å². The summed E-state index contributed by atoms with van der Waals surface area (Å²) in [6.07, 6.45) is -4.47. The number of carbonyl (C=O) groups excluding carboxylic acids is 2. The molecule has 0 fully saturated rings. The summed E-state index contributed by atoms with van der Waals surface area (Å²) >= 11 is 1.10. The number of hydrogen-bond acceptors (Lipinski definition) is 4. The number of thiophene rings is 1. The van der Waals surface area contributed by atoms with Crippen molar-refractivity contribution in [1.82, 2.24) is 0 Å². The molecule has 0 aliphatic carbocycles. The van der Waals surface area contributed by atoms with Gasteiger partial charge in [0.15, 0.2) is 0 Å². The van der Waals surface area contributed by atoms with Crippen LogP contribution in [-0.2, 0) is 22.1 Å². The van der Waals surface area contributed by atoms with Crippen LogP contribution in [0.15, 0.2) is 30.3 Å². The quantitative estimate of drug-likeness (QED) is 0.791. The Morgan fingerprint density at radius 1 is 1.20 bits per heavy atom. The number of aryl methyl sites for hydroxylation is 1. The smallest absolute Gasteiger partial charge is 0.416 e. The van der Waals surface area contributed by atoms with Crippen molar-refractivity contribution in [3.8, 4) is 0 Å². The third-order valence-corrected chi connectivity index (χ3v) is 4.42. The maximum atomic E-state index is 12.5. The molecule has 0 aliphatic heterocycles. The summed E-state index contributed by atoms with van der Waals surface area (Å²) in [4.78, 5) is 24.2. The van der Waals surface area contributed by atoms with Crippen molar-refractivity contribution >= 4 is 28.2 Å². The second-order valence-electron chi connectivity index (χ2n) is 5.26. The van der Waals surface area contributed by atoms with Crippen LogP contribution in [0.3, 0.4) is 0 Å². The summed E-state index contributed by atoms with van der Waals surface area (Å²) in [5.74, 6) is -0.829. The number of alkyl halides is 3. The molecule has 1 heterocycles. The Bertz CT molecular complexity index is 766. The number of anilines is 1. The predicted molar refractivity (Wildman–Crippen MR) is 88.8 cm³/mol. The van der Waals surface area contributed by atoms with Gasteiger partial charge >= 0.3 is 12.1 Å². The lowest BCUT2D eigenvalue weighted by Gasteiger charge is -2.07. The Labute approximate surface area is 146 Å². The van der Waals surface area contributed by atoms with E-state index in [9.17, 15) is 22.8 Å². The molecule has 0 saturated heterocycles. The Hall–Kier alpha value is -2.35. The fraction of sp³-hybridized carbons (Fsp3) is 0.294. The molecule has 0 radical (unpaired) electrons. The van der Waals surface area contributed by atoms with Crippen LogP contribution in [0.1, 0.15) is 33.3 Å². The third-order valence-electron chi connectivity index (χ3n) is 3.29. The first kappa shape index (κ1) is 19.0. The van der Waals surface area contributed by atoms with Crippen LogP contribution in [0, 0.1) is 6.92 Å². The molecule has 2 rings (SSSR count). The highest BCUT2D eigenvalue weighted by Gasteiger charge is 2.30. The molecule has 1 amide bonds. The van der Waals surface area contributed by atoms with Crippen LogP contribution in [0.4, 0.5) is 18.2 Å². The second-order valence-corrected chi connectivity index (χ2v) is 6.32. The van der Waals surface area contributed by atoms with E-state index in [1.54, 1.807) is 19.9 Å². The first-order chi connectivity index (χ1) is 11.7. The van der Waals surface area contributed by atoms with Crippen LogP contribution >= 0.6 is 11.3 Å². The minimum atomic E-state index is -4.40. The average Bonchev–Trinajstić information content (AvgIpc) is 2.87. The molecular weight excluding hydrogens is 355 g/mol. The Morgan fingerprint density at radius 2 is 1.84 bits per heavy atom. The van der Waals surface area contributed by atoms with Gasteiger partial charge in [-0.15, -0.1) is 11.3 Å². The van der Waals surface area contributed by atoms with Gasteiger partial charge in [0, 0.05) is 0 Å². The molecule has 134 valence electrons. The largest absolute Gasteiger partial charge is 0.462 e. The minimum absolute atomic E-state index is 0.0657. The van der Waals surface area contributed by atoms with Crippen LogP contribution in [0.2, 0.25) is 0 Å². The molecule has 1 aromatic heterocycles. The molecule has 8 heteroatoms. The summed E-state index contributed by atoms with van der Waals surface area (Å²) in [7, 11) is 0.